The monoisotopic (exact) mass is 331 g/mol. The number of pyridine rings is 1. The molecule has 0 aliphatic heterocycles. The summed E-state index contributed by atoms with van der Waals surface area (Å²) in [7, 11) is 0. The Hall–Kier alpha value is -1.52. The number of carbonyl (C=O) groups is 1. The van der Waals surface area contributed by atoms with Crippen molar-refractivity contribution >= 4 is 44.0 Å². The molecule has 3 rings (SSSR count). The Morgan fingerprint density at radius 3 is 2.89 bits per heavy atom. The zero-order chi connectivity index (χ0) is 13.2. The van der Waals surface area contributed by atoms with Crippen molar-refractivity contribution in [3.63, 3.8) is 0 Å². The average molecular weight is 332 g/mol. The first-order valence-electron chi connectivity index (χ1n) is 5.84. The number of thiophene rings is 1. The molecule has 0 bridgehead atoms. The maximum Gasteiger partial charge on any atom is 0.170 e. The maximum absolute atomic E-state index is 12.4. The van der Waals surface area contributed by atoms with E-state index in [1.54, 1.807) is 17.5 Å². The van der Waals surface area contributed by atoms with E-state index in [0.29, 0.717) is 12.0 Å². The molecule has 0 aliphatic carbocycles. The number of halogens is 1. The summed E-state index contributed by atoms with van der Waals surface area (Å²) in [5.74, 6) is 0.110. The van der Waals surface area contributed by atoms with Crippen molar-refractivity contribution < 1.29 is 4.79 Å². The van der Waals surface area contributed by atoms with Gasteiger partial charge in [0.15, 0.2) is 5.78 Å². The Morgan fingerprint density at radius 2 is 2.11 bits per heavy atom. The third kappa shape index (κ3) is 2.60. The number of hydrogen-bond acceptors (Lipinski definition) is 3. The maximum atomic E-state index is 12.4. The SMILES string of the molecule is O=C(Cc1cc(Br)cs1)c1cccc2cccnc12. The number of nitrogens with zero attached hydrogens (tertiary/aromatic N) is 1. The number of carbonyl (C=O) groups excluding carboxylic acids is 1. The van der Waals surface area contributed by atoms with Crippen molar-refractivity contribution in [3.05, 3.63) is 62.9 Å². The van der Waals surface area contributed by atoms with Gasteiger partial charge < -0.3 is 0 Å². The summed E-state index contributed by atoms with van der Waals surface area (Å²) in [6.07, 6.45) is 2.15. The summed E-state index contributed by atoms with van der Waals surface area (Å²) in [4.78, 5) is 17.8. The number of hydrogen-bond donors (Lipinski definition) is 0. The van der Waals surface area contributed by atoms with Crippen LogP contribution in [0.4, 0.5) is 0 Å². The Bertz CT molecular complexity index is 745. The summed E-state index contributed by atoms with van der Waals surface area (Å²) in [5.41, 5.74) is 1.48. The van der Waals surface area contributed by atoms with Crippen molar-refractivity contribution in [3.8, 4) is 0 Å². The lowest BCUT2D eigenvalue weighted by atomic mass is 10.0. The first-order chi connectivity index (χ1) is 9.24. The van der Waals surface area contributed by atoms with Crippen molar-refractivity contribution in [1.29, 1.82) is 0 Å². The highest BCUT2D eigenvalue weighted by Crippen LogP contribution is 2.23. The second kappa shape index (κ2) is 5.23. The fourth-order valence-electron chi connectivity index (χ4n) is 2.03. The fraction of sp³-hybridized carbons (Fsp3) is 0.0667. The molecule has 2 aromatic heterocycles. The van der Waals surface area contributed by atoms with E-state index < -0.39 is 0 Å². The summed E-state index contributed by atoms with van der Waals surface area (Å²) in [6, 6.07) is 11.6. The molecule has 0 saturated carbocycles. The Kier molecular flexibility index (Phi) is 3.44. The van der Waals surface area contributed by atoms with Crippen LogP contribution in [-0.4, -0.2) is 10.8 Å². The number of benzene rings is 1. The van der Waals surface area contributed by atoms with Crippen LogP contribution in [-0.2, 0) is 6.42 Å². The second-order valence-electron chi connectivity index (χ2n) is 4.21. The molecular weight excluding hydrogens is 322 g/mol. The van der Waals surface area contributed by atoms with Gasteiger partial charge in [0.1, 0.15) is 0 Å². The van der Waals surface area contributed by atoms with E-state index >= 15 is 0 Å². The molecule has 0 fully saturated rings. The Labute approximate surface area is 123 Å². The predicted octanol–water partition coefficient (Wildman–Crippen LogP) is 4.48. The first-order valence-corrected chi connectivity index (χ1v) is 7.51. The molecule has 2 nitrogen and oxygen atoms in total. The average Bonchev–Trinajstić information content (AvgIpc) is 2.83. The fourth-order valence-corrected chi connectivity index (χ4v) is 3.48. The molecule has 0 spiro atoms. The van der Waals surface area contributed by atoms with Gasteiger partial charge in [0, 0.05) is 38.3 Å². The Balaban J connectivity index is 1.97. The molecular formula is C15H10BrNOS. The molecule has 0 atom stereocenters. The number of Topliss-reactive ketones (excluding diaryl/α,β-unsaturated/α-hetero) is 1. The second-order valence-corrected chi connectivity index (χ2v) is 6.12. The summed E-state index contributed by atoms with van der Waals surface area (Å²) in [6.45, 7) is 0. The topological polar surface area (TPSA) is 30.0 Å². The molecule has 2 heterocycles. The van der Waals surface area contributed by atoms with Crippen LogP contribution < -0.4 is 0 Å². The lowest BCUT2D eigenvalue weighted by molar-refractivity contribution is 0.0995. The normalized spacial score (nSPS) is 10.8. The predicted molar refractivity (Wildman–Crippen MR) is 81.8 cm³/mol. The van der Waals surface area contributed by atoms with Gasteiger partial charge in [0.05, 0.1) is 5.52 Å². The van der Waals surface area contributed by atoms with Crippen LogP contribution in [0.3, 0.4) is 0 Å². The standard InChI is InChI=1S/C15H10BrNOS/c16-11-7-12(19-9-11)8-14(18)13-5-1-3-10-4-2-6-17-15(10)13/h1-7,9H,8H2. The molecule has 1 aromatic carbocycles. The molecule has 0 amide bonds. The largest absolute Gasteiger partial charge is 0.294 e. The van der Waals surface area contributed by atoms with Gasteiger partial charge in [-0.25, -0.2) is 0 Å². The number of para-hydroxylation sites is 1. The van der Waals surface area contributed by atoms with Crippen molar-refractivity contribution in [2.45, 2.75) is 6.42 Å². The van der Waals surface area contributed by atoms with Crippen LogP contribution in [0.2, 0.25) is 0 Å². The van der Waals surface area contributed by atoms with E-state index in [9.17, 15) is 4.79 Å². The molecule has 0 saturated heterocycles. The molecule has 94 valence electrons. The smallest absolute Gasteiger partial charge is 0.170 e. The number of aromatic nitrogens is 1. The summed E-state index contributed by atoms with van der Waals surface area (Å²) < 4.78 is 1.02. The van der Waals surface area contributed by atoms with E-state index in [1.807, 2.05) is 41.8 Å². The summed E-state index contributed by atoms with van der Waals surface area (Å²) >= 11 is 4.99. The molecule has 0 unspecified atom stereocenters. The van der Waals surface area contributed by atoms with E-state index in [-0.39, 0.29) is 5.78 Å². The number of ketones is 1. The van der Waals surface area contributed by atoms with Crippen LogP contribution in [0.25, 0.3) is 10.9 Å². The van der Waals surface area contributed by atoms with E-state index in [0.717, 1.165) is 20.3 Å². The van der Waals surface area contributed by atoms with Gasteiger partial charge in [0.25, 0.3) is 0 Å². The highest BCUT2D eigenvalue weighted by molar-refractivity contribution is 9.10. The number of rotatable bonds is 3. The molecule has 0 aliphatic rings. The third-order valence-corrected chi connectivity index (χ3v) is 4.59. The van der Waals surface area contributed by atoms with Gasteiger partial charge in [-0.1, -0.05) is 18.2 Å². The van der Waals surface area contributed by atoms with Gasteiger partial charge in [-0.05, 0) is 34.1 Å². The quantitative estimate of drug-likeness (QED) is 0.662. The third-order valence-electron chi connectivity index (χ3n) is 2.89. The van der Waals surface area contributed by atoms with Gasteiger partial charge in [0.2, 0.25) is 0 Å². The van der Waals surface area contributed by atoms with Crippen LogP contribution in [0, 0.1) is 0 Å². The zero-order valence-corrected chi connectivity index (χ0v) is 12.4. The van der Waals surface area contributed by atoms with Crippen LogP contribution >= 0.6 is 27.3 Å². The molecule has 19 heavy (non-hydrogen) atoms. The first kappa shape index (κ1) is 12.5. The van der Waals surface area contributed by atoms with Crippen molar-refractivity contribution in [2.24, 2.45) is 0 Å². The van der Waals surface area contributed by atoms with Gasteiger partial charge in [-0.3, -0.25) is 9.78 Å². The molecule has 4 heteroatoms. The van der Waals surface area contributed by atoms with Crippen molar-refractivity contribution in [1.82, 2.24) is 4.98 Å². The molecule has 0 N–H and O–H groups in total. The van der Waals surface area contributed by atoms with Crippen LogP contribution in [0.15, 0.2) is 52.4 Å². The van der Waals surface area contributed by atoms with Gasteiger partial charge in [-0.2, -0.15) is 0 Å². The minimum absolute atomic E-state index is 0.110. The summed E-state index contributed by atoms with van der Waals surface area (Å²) in [5, 5.41) is 2.99. The molecule has 0 radical (unpaired) electrons. The van der Waals surface area contributed by atoms with Gasteiger partial charge >= 0.3 is 0 Å². The lowest BCUT2D eigenvalue weighted by Gasteiger charge is -2.03. The highest BCUT2D eigenvalue weighted by Gasteiger charge is 2.12. The van der Waals surface area contributed by atoms with Gasteiger partial charge in [-0.15, -0.1) is 11.3 Å². The van der Waals surface area contributed by atoms with Crippen molar-refractivity contribution in [2.75, 3.05) is 0 Å². The van der Waals surface area contributed by atoms with Crippen LogP contribution in [0.5, 0.6) is 0 Å². The van der Waals surface area contributed by atoms with Crippen LogP contribution in [0.1, 0.15) is 15.2 Å². The molecule has 3 aromatic rings. The number of fused-ring (bicyclic) bond motifs is 1. The lowest BCUT2D eigenvalue weighted by Crippen LogP contribution is -2.03. The highest BCUT2D eigenvalue weighted by atomic mass is 79.9. The zero-order valence-electron chi connectivity index (χ0n) is 9.97. The Morgan fingerprint density at radius 1 is 1.26 bits per heavy atom. The minimum atomic E-state index is 0.110. The van der Waals surface area contributed by atoms with E-state index in [4.69, 9.17) is 0 Å². The van der Waals surface area contributed by atoms with E-state index in [1.165, 1.54) is 0 Å². The minimum Gasteiger partial charge on any atom is -0.294 e. The van der Waals surface area contributed by atoms with E-state index in [2.05, 4.69) is 20.9 Å².